The van der Waals surface area contributed by atoms with E-state index in [9.17, 15) is 14.0 Å². The minimum atomic E-state index is -1.23. The van der Waals surface area contributed by atoms with Crippen molar-refractivity contribution in [1.29, 1.82) is 0 Å². The van der Waals surface area contributed by atoms with Crippen LogP contribution in [0.2, 0.25) is 0 Å². The lowest BCUT2D eigenvalue weighted by Gasteiger charge is -2.13. The Morgan fingerprint density at radius 1 is 1.52 bits per heavy atom. The smallest absolute Gasteiger partial charge is 0.328 e. The van der Waals surface area contributed by atoms with E-state index < -0.39 is 23.7 Å². The van der Waals surface area contributed by atoms with Crippen molar-refractivity contribution in [3.63, 3.8) is 0 Å². The highest BCUT2D eigenvalue weighted by atomic mass is 19.1. The van der Waals surface area contributed by atoms with Crippen LogP contribution >= 0.6 is 0 Å². The molecule has 0 aliphatic heterocycles. The lowest BCUT2D eigenvalue weighted by molar-refractivity contribution is -0.140. The Hall–Kier alpha value is -2.67. The first-order valence-electron chi connectivity index (χ1n) is 6.85. The first kappa shape index (κ1) is 16.7. The molecule has 0 saturated heterocycles. The predicted molar refractivity (Wildman–Crippen MR) is 80.8 cm³/mol. The third-order valence-electron chi connectivity index (χ3n) is 3.23. The van der Waals surface area contributed by atoms with E-state index in [1.807, 2.05) is 0 Å². The number of carbonyl (C=O) groups excluding carboxylic acids is 1. The van der Waals surface area contributed by atoms with E-state index in [2.05, 4.69) is 11.9 Å². The summed E-state index contributed by atoms with van der Waals surface area (Å²) in [5.74, 6) is -2.44. The third-order valence-corrected chi connectivity index (χ3v) is 3.23. The lowest BCUT2D eigenvalue weighted by Crippen LogP contribution is -2.44. The highest BCUT2D eigenvalue weighted by Gasteiger charge is 2.24. The largest absolute Gasteiger partial charge is 0.480 e. The Kier molecular flexibility index (Phi) is 5.13. The fourth-order valence-corrected chi connectivity index (χ4v) is 2.08. The van der Waals surface area contributed by atoms with Gasteiger partial charge in [-0.1, -0.05) is 6.08 Å². The van der Waals surface area contributed by atoms with Crippen LogP contribution in [0, 0.1) is 12.7 Å². The van der Waals surface area contributed by atoms with E-state index in [1.54, 1.807) is 6.92 Å². The van der Waals surface area contributed by atoms with E-state index in [0.717, 1.165) is 0 Å². The molecule has 0 spiro atoms. The van der Waals surface area contributed by atoms with Crippen molar-refractivity contribution < 1.29 is 28.2 Å². The number of furan rings is 1. The Balaban J connectivity index is 2.20. The van der Waals surface area contributed by atoms with Crippen molar-refractivity contribution in [3.8, 4) is 0 Å². The van der Waals surface area contributed by atoms with Crippen LogP contribution in [0.25, 0.3) is 11.0 Å². The Bertz CT molecular complexity index is 752. The van der Waals surface area contributed by atoms with Crippen LogP contribution in [0.15, 0.2) is 35.3 Å². The maximum atomic E-state index is 13.3. The summed E-state index contributed by atoms with van der Waals surface area (Å²) in [5.41, 5.74) is 0.789. The lowest BCUT2D eigenvalue weighted by atomic mass is 10.1. The SMILES string of the molecule is C=CCOCC(NC(=O)c1oc2ccc(F)cc2c1C)C(=O)O. The molecule has 122 valence electrons. The molecule has 1 amide bonds. The monoisotopic (exact) mass is 321 g/mol. The number of nitrogens with one attached hydrogen (secondary N) is 1. The molecule has 6 nitrogen and oxygen atoms in total. The normalized spacial score (nSPS) is 12.1. The number of hydrogen-bond acceptors (Lipinski definition) is 4. The molecule has 1 aromatic heterocycles. The van der Waals surface area contributed by atoms with Crippen molar-refractivity contribution in [2.24, 2.45) is 0 Å². The Morgan fingerprint density at radius 3 is 2.91 bits per heavy atom. The molecule has 1 unspecified atom stereocenters. The van der Waals surface area contributed by atoms with Gasteiger partial charge in [0.05, 0.1) is 13.2 Å². The average molecular weight is 321 g/mol. The minimum Gasteiger partial charge on any atom is -0.480 e. The quantitative estimate of drug-likeness (QED) is 0.603. The van der Waals surface area contributed by atoms with E-state index in [1.165, 1.54) is 24.3 Å². The molecular weight excluding hydrogens is 305 g/mol. The number of rotatable bonds is 7. The van der Waals surface area contributed by atoms with Crippen LogP contribution in [0.1, 0.15) is 16.1 Å². The molecular formula is C16H16FNO5. The minimum absolute atomic E-state index is 0.0550. The molecule has 23 heavy (non-hydrogen) atoms. The van der Waals surface area contributed by atoms with Gasteiger partial charge in [-0.25, -0.2) is 9.18 Å². The molecule has 0 saturated carbocycles. The second kappa shape index (κ2) is 7.06. The summed E-state index contributed by atoms with van der Waals surface area (Å²) >= 11 is 0. The standard InChI is InChI=1S/C16H16FNO5/c1-3-6-22-8-12(16(20)21)18-15(19)14-9(2)11-7-10(17)4-5-13(11)23-14/h3-5,7,12H,1,6,8H2,2H3,(H,18,19)(H,20,21). The van der Waals surface area contributed by atoms with Gasteiger partial charge in [0.1, 0.15) is 11.4 Å². The first-order chi connectivity index (χ1) is 10.9. The number of halogens is 1. The molecule has 1 heterocycles. The number of ether oxygens (including phenoxy) is 1. The van der Waals surface area contributed by atoms with Crippen LogP contribution in [-0.4, -0.2) is 36.2 Å². The maximum Gasteiger partial charge on any atom is 0.328 e. The van der Waals surface area contributed by atoms with Crippen LogP contribution in [-0.2, 0) is 9.53 Å². The van der Waals surface area contributed by atoms with Crippen molar-refractivity contribution in [2.75, 3.05) is 13.2 Å². The van der Waals surface area contributed by atoms with E-state index in [-0.39, 0.29) is 19.0 Å². The molecule has 2 aromatic rings. The number of carboxylic acid groups (broad SMARTS) is 1. The summed E-state index contributed by atoms with van der Waals surface area (Å²) in [6.45, 7) is 5.01. The zero-order valence-corrected chi connectivity index (χ0v) is 12.5. The zero-order valence-electron chi connectivity index (χ0n) is 12.5. The second-order valence-corrected chi connectivity index (χ2v) is 4.89. The van der Waals surface area contributed by atoms with Crippen LogP contribution < -0.4 is 5.32 Å². The van der Waals surface area contributed by atoms with Crippen molar-refractivity contribution in [2.45, 2.75) is 13.0 Å². The van der Waals surface area contributed by atoms with E-state index in [4.69, 9.17) is 14.3 Å². The number of aliphatic carboxylic acids is 1. The van der Waals surface area contributed by atoms with Gasteiger partial charge in [-0.2, -0.15) is 0 Å². The van der Waals surface area contributed by atoms with Crippen LogP contribution in [0.3, 0.4) is 0 Å². The van der Waals surface area contributed by atoms with Gasteiger partial charge in [-0.3, -0.25) is 4.79 Å². The molecule has 7 heteroatoms. The van der Waals surface area contributed by atoms with Crippen molar-refractivity contribution in [3.05, 3.63) is 48.0 Å². The maximum absolute atomic E-state index is 13.3. The highest BCUT2D eigenvalue weighted by molar-refractivity contribution is 6.00. The fourth-order valence-electron chi connectivity index (χ4n) is 2.08. The molecule has 1 atom stereocenters. The van der Waals surface area contributed by atoms with E-state index >= 15 is 0 Å². The third kappa shape index (κ3) is 3.75. The molecule has 0 fully saturated rings. The number of amides is 1. The highest BCUT2D eigenvalue weighted by Crippen LogP contribution is 2.25. The Morgan fingerprint density at radius 2 is 2.26 bits per heavy atom. The van der Waals surface area contributed by atoms with Gasteiger partial charge in [0, 0.05) is 10.9 Å². The van der Waals surface area contributed by atoms with Crippen LogP contribution in [0.4, 0.5) is 4.39 Å². The number of benzene rings is 1. The van der Waals surface area contributed by atoms with Gasteiger partial charge in [0.15, 0.2) is 11.8 Å². The molecule has 0 radical (unpaired) electrons. The summed E-state index contributed by atoms with van der Waals surface area (Å²) in [4.78, 5) is 23.4. The number of aryl methyl sites for hydroxylation is 1. The number of fused-ring (bicyclic) bond motifs is 1. The summed E-state index contributed by atoms with van der Waals surface area (Å²) in [6, 6.07) is 2.66. The Labute approximate surface area is 131 Å². The summed E-state index contributed by atoms with van der Waals surface area (Å²) in [6.07, 6.45) is 1.47. The van der Waals surface area contributed by atoms with E-state index in [0.29, 0.717) is 16.5 Å². The molecule has 2 N–H and O–H groups in total. The zero-order chi connectivity index (χ0) is 17.0. The van der Waals surface area contributed by atoms with Crippen LogP contribution in [0.5, 0.6) is 0 Å². The van der Waals surface area contributed by atoms with Gasteiger partial charge in [0.2, 0.25) is 0 Å². The summed E-state index contributed by atoms with van der Waals surface area (Å²) in [7, 11) is 0. The molecule has 1 aromatic carbocycles. The summed E-state index contributed by atoms with van der Waals surface area (Å²) < 4.78 is 23.7. The van der Waals surface area contributed by atoms with Gasteiger partial charge < -0.3 is 19.6 Å². The molecule has 0 bridgehead atoms. The number of carboxylic acids is 1. The van der Waals surface area contributed by atoms with Gasteiger partial charge in [0.25, 0.3) is 5.91 Å². The number of hydrogen-bond donors (Lipinski definition) is 2. The topological polar surface area (TPSA) is 88.8 Å². The molecule has 0 aliphatic carbocycles. The van der Waals surface area contributed by atoms with Crippen molar-refractivity contribution >= 4 is 22.8 Å². The first-order valence-corrected chi connectivity index (χ1v) is 6.85. The molecule has 2 rings (SSSR count). The molecule has 0 aliphatic rings. The van der Waals surface area contributed by atoms with Gasteiger partial charge >= 0.3 is 5.97 Å². The number of carbonyl (C=O) groups is 2. The summed E-state index contributed by atoms with van der Waals surface area (Å²) in [5, 5.41) is 11.9. The van der Waals surface area contributed by atoms with Gasteiger partial charge in [-0.15, -0.1) is 6.58 Å². The predicted octanol–water partition coefficient (Wildman–Crippen LogP) is 2.27. The van der Waals surface area contributed by atoms with Crippen molar-refractivity contribution in [1.82, 2.24) is 5.32 Å². The van der Waals surface area contributed by atoms with Gasteiger partial charge in [-0.05, 0) is 25.1 Å². The second-order valence-electron chi connectivity index (χ2n) is 4.89. The fraction of sp³-hybridized carbons (Fsp3) is 0.250. The average Bonchev–Trinajstić information content (AvgIpc) is 2.83.